The van der Waals surface area contributed by atoms with E-state index in [4.69, 9.17) is 0 Å². The van der Waals surface area contributed by atoms with Crippen molar-refractivity contribution in [2.24, 2.45) is 0 Å². The van der Waals surface area contributed by atoms with Gasteiger partial charge in [0.05, 0.1) is 11.4 Å². The van der Waals surface area contributed by atoms with Gasteiger partial charge in [0.1, 0.15) is 22.0 Å². The Balaban J connectivity index is 2.36. The molecule has 5 nitrogen and oxygen atoms in total. The first-order chi connectivity index (χ1) is 8.88. The molecule has 0 aliphatic carbocycles. The van der Waals surface area contributed by atoms with Crippen molar-refractivity contribution in [1.29, 1.82) is 0 Å². The predicted octanol–water partition coefficient (Wildman–Crippen LogP) is 1.47. The molecule has 0 unspecified atom stereocenters. The summed E-state index contributed by atoms with van der Waals surface area (Å²) < 4.78 is 24.2. The Kier molecular flexibility index (Phi) is 3.71. The van der Waals surface area contributed by atoms with Gasteiger partial charge in [-0.3, -0.25) is 0 Å². The minimum Gasteiger partial charge on any atom is -0.229 e. The molecule has 0 aliphatic rings. The lowest BCUT2D eigenvalue weighted by Crippen LogP contribution is -2.11. The summed E-state index contributed by atoms with van der Waals surface area (Å²) in [6.07, 6.45) is 3.05. The van der Waals surface area contributed by atoms with Crippen molar-refractivity contribution >= 4 is 9.84 Å². The van der Waals surface area contributed by atoms with Crippen molar-refractivity contribution in [2.75, 3.05) is 12.0 Å². The summed E-state index contributed by atoms with van der Waals surface area (Å²) in [5, 5.41) is 4.20. The van der Waals surface area contributed by atoms with Crippen molar-refractivity contribution < 1.29 is 8.42 Å². The first-order valence-corrected chi connectivity index (χ1v) is 8.08. The maximum atomic E-state index is 11.2. The van der Waals surface area contributed by atoms with Crippen molar-refractivity contribution in [3.63, 3.8) is 0 Å². The van der Waals surface area contributed by atoms with E-state index in [-0.39, 0.29) is 5.75 Å². The molecule has 0 radical (unpaired) electrons. The Labute approximate surface area is 113 Å². The van der Waals surface area contributed by atoms with Gasteiger partial charge in [-0.2, -0.15) is 5.10 Å². The summed E-state index contributed by atoms with van der Waals surface area (Å²) in [5.41, 5.74) is 3.23. The second-order valence-corrected chi connectivity index (χ2v) is 6.95. The van der Waals surface area contributed by atoms with E-state index in [1.807, 2.05) is 32.0 Å². The molecule has 0 spiro atoms. The molecule has 2 rings (SSSR count). The lowest BCUT2D eigenvalue weighted by atomic mass is 10.1. The van der Waals surface area contributed by atoms with E-state index < -0.39 is 9.84 Å². The topological polar surface area (TPSA) is 64.8 Å². The fraction of sp³-hybridized carbons (Fsp3) is 0.385. The summed E-state index contributed by atoms with van der Waals surface area (Å²) >= 11 is 0. The van der Waals surface area contributed by atoms with Gasteiger partial charge in [0, 0.05) is 12.7 Å². The van der Waals surface area contributed by atoms with Crippen LogP contribution in [0.2, 0.25) is 0 Å². The van der Waals surface area contributed by atoms with Gasteiger partial charge in [-0.25, -0.2) is 18.1 Å². The third-order valence-electron chi connectivity index (χ3n) is 3.12. The van der Waals surface area contributed by atoms with Gasteiger partial charge in [-0.05, 0) is 31.0 Å². The molecule has 1 aromatic carbocycles. The molecule has 0 fully saturated rings. The molecule has 0 saturated heterocycles. The lowest BCUT2D eigenvalue weighted by Gasteiger charge is -2.10. The van der Waals surface area contributed by atoms with Gasteiger partial charge >= 0.3 is 0 Å². The summed E-state index contributed by atoms with van der Waals surface area (Å²) in [7, 11) is -3.00. The molecule has 0 N–H and O–H groups in total. The molecule has 19 heavy (non-hydrogen) atoms. The average Bonchev–Trinajstić information content (AvgIpc) is 2.77. The fourth-order valence-corrected chi connectivity index (χ4v) is 2.43. The van der Waals surface area contributed by atoms with Gasteiger partial charge < -0.3 is 0 Å². The summed E-state index contributed by atoms with van der Waals surface area (Å²) in [4.78, 5) is 4.15. The Bertz CT molecular complexity index is 690. The molecule has 0 bridgehead atoms. The van der Waals surface area contributed by atoms with Crippen LogP contribution in [-0.2, 0) is 16.3 Å². The monoisotopic (exact) mass is 279 g/mol. The smallest absolute Gasteiger partial charge is 0.147 e. The highest BCUT2D eigenvalue weighted by molar-refractivity contribution is 7.90. The molecule has 102 valence electrons. The van der Waals surface area contributed by atoms with Crippen molar-refractivity contribution in [1.82, 2.24) is 14.8 Å². The SMILES string of the molecule is Cc1cccc(-n2ncnc2CCS(C)(=O)=O)c1C. The zero-order valence-corrected chi connectivity index (χ0v) is 12.1. The van der Waals surface area contributed by atoms with E-state index in [9.17, 15) is 8.42 Å². The minimum atomic E-state index is -3.00. The van der Waals surface area contributed by atoms with Crippen LogP contribution < -0.4 is 0 Å². The predicted molar refractivity (Wildman–Crippen MR) is 74.2 cm³/mol. The molecular weight excluding hydrogens is 262 g/mol. The number of hydrogen-bond acceptors (Lipinski definition) is 4. The molecule has 0 saturated carbocycles. The Hall–Kier alpha value is -1.69. The van der Waals surface area contributed by atoms with Crippen LogP contribution in [-0.4, -0.2) is 35.2 Å². The van der Waals surface area contributed by atoms with Crippen molar-refractivity contribution in [3.05, 3.63) is 41.5 Å². The zero-order chi connectivity index (χ0) is 14.0. The standard InChI is InChI=1S/C13H17N3O2S/c1-10-5-4-6-12(11(10)2)16-13(14-9-15-16)7-8-19(3,17)18/h4-6,9H,7-8H2,1-3H3. The molecule has 0 aliphatic heterocycles. The van der Waals surface area contributed by atoms with Crippen LogP contribution in [0.3, 0.4) is 0 Å². The second-order valence-electron chi connectivity index (χ2n) is 4.69. The Morgan fingerprint density at radius 2 is 2.00 bits per heavy atom. The van der Waals surface area contributed by atoms with Gasteiger partial charge in [0.15, 0.2) is 0 Å². The first-order valence-electron chi connectivity index (χ1n) is 6.02. The number of aryl methyl sites for hydroxylation is 2. The van der Waals surface area contributed by atoms with E-state index in [0.717, 1.165) is 11.3 Å². The maximum Gasteiger partial charge on any atom is 0.147 e. The van der Waals surface area contributed by atoms with Crippen LogP contribution in [0, 0.1) is 13.8 Å². The molecule has 1 aromatic heterocycles. The molecule has 1 heterocycles. The highest BCUT2D eigenvalue weighted by atomic mass is 32.2. The highest BCUT2D eigenvalue weighted by Crippen LogP contribution is 2.17. The molecule has 0 atom stereocenters. The van der Waals surface area contributed by atoms with Crippen molar-refractivity contribution in [2.45, 2.75) is 20.3 Å². The number of rotatable bonds is 4. The number of hydrogen-bond donors (Lipinski definition) is 0. The van der Waals surface area contributed by atoms with Gasteiger partial charge in [-0.15, -0.1) is 0 Å². The maximum absolute atomic E-state index is 11.2. The third kappa shape index (κ3) is 3.20. The fourth-order valence-electron chi connectivity index (χ4n) is 1.88. The normalized spacial score (nSPS) is 11.7. The van der Waals surface area contributed by atoms with E-state index >= 15 is 0 Å². The second kappa shape index (κ2) is 5.13. The van der Waals surface area contributed by atoms with Crippen LogP contribution in [0.1, 0.15) is 17.0 Å². The van der Waals surface area contributed by atoms with E-state index in [0.29, 0.717) is 12.2 Å². The minimum absolute atomic E-state index is 0.0799. The van der Waals surface area contributed by atoms with Gasteiger partial charge in [0.2, 0.25) is 0 Å². The van der Waals surface area contributed by atoms with E-state index in [1.54, 1.807) is 4.68 Å². The largest absolute Gasteiger partial charge is 0.229 e. The Morgan fingerprint density at radius 1 is 1.26 bits per heavy atom. The van der Waals surface area contributed by atoms with Crippen LogP contribution in [0.15, 0.2) is 24.5 Å². The molecular formula is C13H17N3O2S. The third-order valence-corrected chi connectivity index (χ3v) is 4.06. The first kappa shape index (κ1) is 13.7. The zero-order valence-electron chi connectivity index (χ0n) is 11.3. The van der Waals surface area contributed by atoms with E-state index in [2.05, 4.69) is 10.1 Å². The van der Waals surface area contributed by atoms with Crippen LogP contribution in [0.25, 0.3) is 5.69 Å². The quantitative estimate of drug-likeness (QED) is 0.850. The molecule has 2 aromatic rings. The van der Waals surface area contributed by atoms with Crippen LogP contribution in [0.5, 0.6) is 0 Å². The molecule has 0 amide bonds. The van der Waals surface area contributed by atoms with Gasteiger partial charge in [-0.1, -0.05) is 12.1 Å². The number of aromatic nitrogens is 3. The average molecular weight is 279 g/mol. The van der Waals surface area contributed by atoms with Crippen LogP contribution >= 0.6 is 0 Å². The lowest BCUT2D eigenvalue weighted by molar-refractivity contribution is 0.599. The van der Waals surface area contributed by atoms with Gasteiger partial charge in [0.25, 0.3) is 0 Å². The molecule has 6 heteroatoms. The number of sulfone groups is 1. The summed E-state index contributed by atoms with van der Waals surface area (Å²) in [6, 6.07) is 5.95. The summed E-state index contributed by atoms with van der Waals surface area (Å²) in [5.74, 6) is 0.746. The highest BCUT2D eigenvalue weighted by Gasteiger charge is 2.12. The van der Waals surface area contributed by atoms with E-state index in [1.165, 1.54) is 18.1 Å². The number of benzene rings is 1. The van der Waals surface area contributed by atoms with Crippen LogP contribution in [0.4, 0.5) is 0 Å². The Morgan fingerprint density at radius 3 is 2.68 bits per heavy atom. The number of nitrogens with zero attached hydrogens (tertiary/aromatic N) is 3. The van der Waals surface area contributed by atoms with Crippen molar-refractivity contribution in [3.8, 4) is 5.69 Å². The summed E-state index contributed by atoms with van der Waals surface area (Å²) in [6.45, 7) is 4.05.